The number of aromatic nitrogens is 1. The van der Waals surface area contributed by atoms with Crippen molar-refractivity contribution in [3.8, 4) is 5.75 Å². The number of ether oxygens (including phenoxy) is 1. The molecule has 5 N–H and O–H groups in total. The maximum atomic E-state index is 13.0. The third-order valence-corrected chi connectivity index (χ3v) is 12.6. The topological polar surface area (TPSA) is 150 Å². The Morgan fingerprint density at radius 2 is 1.93 bits per heavy atom. The third kappa shape index (κ3) is 8.00. The van der Waals surface area contributed by atoms with Crippen molar-refractivity contribution in [2.75, 3.05) is 26.4 Å². The SMILES string of the molecule is CC1(C(=O)O)C=CC(C(CO)NC(=O)c2cc3cc(Cl)c(OCC(=O)NCCO[Si](C)(C)C(C)(C)C)cc3[nH]2)=CC1. The van der Waals surface area contributed by atoms with Crippen LogP contribution in [0.4, 0.5) is 0 Å². The van der Waals surface area contributed by atoms with Crippen LogP contribution in [0.3, 0.4) is 0 Å². The van der Waals surface area contributed by atoms with Gasteiger partial charge < -0.3 is 35.0 Å². The molecule has 1 aromatic heterocycles. The average molecular weight is 606 g/mol. The van der Waals surface area contributed by atoms with Gasteiger partial charge in [-0.05, 0) is 49.2 Å². The predicted octanol–water partition coefficient (Wildman–Crippen LogP) is 4.41. The van der Waals surface area contributed by atoms with Crippen LogP contribution in [-0.2, 0) is 14.0 Å². The van der Waals surface area contributed by atoms with Crippen LogP contribution in [0.25, 0.3) is 10.9 Å². The zero-order valence-corrected chi connectivity index (χ0v) is 26.1. The molecule has 0 radical (unpaired) electrons. The van der Waals surface area contributed by atoms with Crippen LogP contribution < -0.4 is 15.4 Å². The van der Waals surface area contributed by atoms with Gasteiger partial charge in [-0.3, -0.25) is 14.4 Å². The molecule has 41 heavy (non-hydrogen) atoms. The van der Waals surface area contributed by atoms with Crippen LogP contribution in [0, 0.1) is 5.41 Å². The van der Waals surface area contributed by atoms with Crippen LogP contribution in [0.2, 0.25) is 23.2 Å². The normalized spacial score (nSPS) is 18.1. The van der Waals surface area contributed by atoms with E-state index in [1.807, 2.05) is 0 Å². The van der Waals surface area contributed by atoms with Crippen LogP contribution in [0.15, 0.2) is 42.0 Å². The molecule has 224 valence electrons. The molecule has 2 unspecified atom stereocenters. The minimum atomic E-state index is -1.89. The highest BCUT2D eigenvalue weighted by atomic mass is 35.5. The lowest BCUT2D eigenvalue weighted by Gasteiger charge is -2.36. The number of aliphatic hydroxyl groups excluding tert-OH is 1. The minimum absolute atomic E-state index is 0.0881. The Kier molecular flexibility index (Phi) is 10.1. The number of benzene rings is 1. The largest absolute Gasteiger partial charge is 0.482 e. The summed E-state index contributed by atoms with van der Waals surface area (Å²) in [5.41, 5.74) is 0.414. The van der Waals surface area contributed by atoms with Crippen molar-refractivity contribution in [1.29, 1.82) is 0 Å². The van der Waals surface area contributed by atoms with Gasteiger partial charge in [-0.25, -0.2) is 0 Å². The van der Waals surface area contributed by atoms with E-state index in [2.05, 4.69) is 49.5 Å². The van der Waals surface area contributed by atoms with E-state index in [-0.39, 0.29) is 47.0 Å². The summed E-state index contributed by atoms with van der Waals surface area (Å²) in [4.78, 5) is 39.7. The van der Waals surface area contributed by atoms with Gasteiger partial charge in [0.15, 0.2) is 14.9 Å². The van der Waals surface area contributed by atoms with E-state index in [1.54, 1.807) is 43.4 Å². The van der Waals surface area contributed by atoms with E-state index in [1.165, 1.54) is 0 Å². The number of H-pyrrole nitrogens is 1. The fourth-order valence-corrected chi connectivity index (χ4v) is 5.18. The molecule has 0 fully saturated rings. The number of hydrogen-bond donors (Lipinski definition) is 5. The number of halogens is 1. The number of nitrogens with one attached hydrogen (secondary N) is 3. The average Bonchev–Trinajstić information content (AvgIpc) is 3.31. The molecule has 1 heterocycles. The summed E-state index contributed by atoms with van der Waals surface area (Å²) < 4.78 is 11.7. The summed E-state index contributed by atoms with van der Waals surface area (Å²) in [6, 6.07) is 4.16. The fraction of sp³-hybridized carbons (Fsp3) is 0.483. The van der Waals surface area contributed by atoms with Crippen molar-refractivity contribution in [3.63, 3.8) is 0 Å². The summed E-state index contributed by atoms with van der Waals surface area (Å²) in [5.74, 6) is -1.43. The second kappa shape index (κ2) is 12.8. The quantitative estimate of drug-likeness (QED) is 0.178. The highest BCUT2D eigenvalue weighted by Gasteiger charge is 2.37. The Morgan fingerprint density at radius 1 is 1.22 bits per heavy atom. The van der Waals surface area contributed by atoms with Gasteiger partial charge in [0.1, 0.15) is 11.4 Å². The summed E-state index contributed by atoms with van der Waals surface area (Å²) in [6.45, 7) is 12.6. The van der Waals surface area contributed by atoms with Gasteiger partial charge >= 0.3 is 5.97 Å². The first kappa shape index (κ1) is 32.4. The molecule has 1 aromatic carbocycles. The number of aliphatic hydroxyl groups is 1. The molecule has 0 saturated carbocycles. The maximum Gasteiger partial charge on any atom is 0.313 e. The number of carboxylic acids is 1. The number of carboxylic acid groups (broad SMARTS) is 1. The number of hydrogen-bond acceptors (Lipinski definition) is 6. The Labute approximate surface area is 246 Å². The lowest BCUT2D eigenvalue weighted by Crippen LogP contribution is -2.43. The van der Waals surface area contributed by atoms with Crippen molar-refractivity contribution in [3.05, 3.63) is 52.7 Å². The standard InChI is InChI=1S/C29H40ClN3O7Si/c1-28(2,3)41(5,6)40-12-11-31-25(35)17-39-24-15-21-19(13-20(24)30)14-22(32-21)26(36)33-23(16-34)18-7-9-29(4,10-8-18)27(37)38/h7-9,13-15,23,32,34H,10-12,16-17H2,1-6H3,(H,31,35)(H,33,36)(H,37,38). The van der Waals surface area contributed by atoms with Crippen LogP contribution in [-0.4, -0.2) is 73.7 Å². The van der Waals surface area contributed by atoms with Crippen LogP contribution in [0.1, 0.15) is 44.6 Å². The minimum Gasteiger partial charge on any atom is -0.482 e. The van der Waals surface area contributed by atoms with Crippen LogP contribution >= 0.6 is 11.6 Å². The number of carbonyl (C=O) groups is 3. The smallest absolute Gasteiger partial charge is 0.313 e. The highest BCUT2D eigenvalue weighted by Crippen LogP contribution is 2.36. The molecule has 12 heteroatoms. The Hall–Kier alpha value is -3.12. The molecule has 1 aliphatic carbocycles. The number of fused-ring (bicyclic) bond motifs is 1. The van der Waals surface area contributed by atoms with Gasteiger partial charge in [0.05, 0.1) is 29.7 Å². The fourth-order valence-electron chi connectivity index (χ4n) is 3.91. The molecule has 2 aromatic rings. The molecule has 1 aliphatic rings. The zero-order valence-electron chi connectivity index (χ0n) is 24.4. The maximum absolute atomic E-state index is 13.0. The molecule has 2 amide bonds. The first-order valence-corrected chi connectivity index (χ1v) is 16.7. The number of amides is 2. The Bertz CT molecular complexity index is 1360. The lowest BCUT2D eigenvalue weighted by atomic mass is 9.81. The first-order valence-electron chi connectivity index (χ1n) is 13.5. The van der Waals surface area contributed by atoms with Gasteiger partial charge in [-0.2, -0.15) is 0 Å². The Morgan fingerprint density at radius 3 is 2.51 bits per heavy atom. The van der Waals surface area contributed by atoms with Gasteiger partial charge in [0, 0.05) is 23.5 Å². The van der Waals surface area contributed by atoms with Crippen molar-refractivity contribution >= 4 is 48.6 Å². The number of carbonyl (C=O) groups excluding carboxylic acids is 2. The molecule has 3 rings (SSSR count). The molecular weight excluding hydrogens is 566 g/mol. The van der Waals surface area contributed by atoms with E-state index in [0.717, 1.165) is 0 Å². The van der Waals surface area contributed by atoms with E-state index < -0.39 is 31.7 Å². The second-order valence-corrected chi connectivity index (χ2v) is 17.2. The highest BCUT2D eigenvalue weighted by molar-refractivity contribution is 6.74. The summed E-state index contributed by atoms with van der Waals surface area (Å²) >= 11 is 6.37. The molecule has 2 atom stereocenters. The summed E-state index contributed by atoms with van der Waals surface area (Å²) in [7, 11) is -1.89. The molecular formula is C29H40ClN3O7Si. The third-order valence-electron chi connectivity index (χ3n) is 7.75. The van der Waals surface area contributed by atoms with E-state index in [9.17, 15) is 24.6 Å². The van der Waals surface area contributed by atoms with E-state index >= 15 is 0 Å². The van der Waals surface area contributed by atoms with Gasteiger partial charge in [0.2, 0.25) is 0 Å². The van der Waals surface area contributed by atoms with Crippen molar-refractivity contribution in [2.45, 2.75) is 58.3 Å². The zero-order chi connectivity index (χ0) is 30.6. The van der Waals surface area contributed by atoms with Crippen LogP contribution in [0.5, 0.6) is 5.75 Å². The predicted molar refractivity (Wildman–Crippen MR) is 161 cm³/mol. The number of rotatable bonds is 12. The number of aromatic amines is 1. The number of allylic oxidation sites excluding steroid dienone is 1. The Balaban J connectivity index is 1.58. The summed E-state index contributed by atoms with van der Waals surface area (Å²) in [5, 5.41) is 25.8. The van der Waals surface area contributed by atoms with E-state index in [4.69, 9.17) is 20.8 Å². The number of aliphatic carboxylic acids is 1. The van der Waals surface area contributed by atoms with Gasteiger partial charge in [0.25, 0.3) is 11.8 Å². The van der Waals surface area contributed by atoms with E-state index in [0.29, 0.717) is 29.6 Å². The molecule has 0 saturated heterocycles. The first-order chi connectivity index (χ1) is 19.1. The lowest BCUT2D eigenvalue weighted by molar-refractivity contribution is -0.145. The van der Waals surface area contributed by atoms with Gasteiger partial charge in [-0.1, -0.05) is 50.6 Å². The monoisotopic (exact) mass is 605 g/mol. The molecule has 0 bridgehead atoms. The van der Waals surface area contributed by atoms with Gasteiger partial charge in [-0.15, -0.1) is 0 Å². The summed E-state index contributed by atoms with van der Waals surface area (Å²) in [6.07, 6.45) is 5.14. The van der Waals surface area contributed by atoms with Crippen molar-refractivity contribution in [1.82, 2.24) is 15.6 Å². The molecule has 0 aliphatic heterocycles. The van der Waals surface area contributed by atoms with Crippen molar-refractivity contribution < 1.29 is 33.8 Å². The molecule has 10 nitrogen and oxygen atoms in total. The van der Waals surface area contributed by atoms with Crippen molar-refractivity contribution in [2.24, 2.45) is 5.41 Å². The molecule has 0 spiro atoms. The second-order valence-electron chi connectivity index (χ2n) is 12.0.